The Morgan fingerprint density at radius 1 is 1.15 bits per heavy atom. The van der Waals surface area contributed by atoms with Crippen LogP contribution in [0.15, 0.2) is 48.8 Å². The third-order valence-corrected chi connectivity index (χ3v) is 2.96. The maximum Gasteiger partial charge on any atom is 0.238 e. The van der Waals surface area contributed by atoms with Gasteiger partial charge in [0.2, 0.25) is 5.91 Å². The van der Waals surface area contributed by atoms with Crippen molar-refractivity contribution < 1.29 is 4.79 Å². The standard InChI is InChI=1S/C16H15N3O/c17-10-7-16(20)19-15-4-2-1-3-14(15)6-5-13-8-11-18-12-9-13/h1-4,8-9,11-12H,5-7H2,(H,19,20). The van der Waals surface area contributed by atoms with Gasteiger partial charge in [-0.15, -0.1) is 0 Å². The third-order valence-electron chi connectivity index (χ3n) is 2.96. The molecule has 0 saturated carbocycles. The highest BCUT2D eigenvalue weighted by Gasteiger charge is 2.06. The number of carbonyl (C=O) groups excluding carboxylic acids is 1. The van der Waals surface area contributed by atoms with Crippen molar-refractivity contribution in [1.82, 2.24) is 4.98 Å². The summed E-state index contributed by atoms with van der Waals surface area (Å²) in [5.74, 6) is -0.274. The van der Waals surface area contributed by atoms with E-state index in [9.17, 15) is 4.79 Å². The zero-order valence-corrected chi connectivity index (χ0v) is 11.0. The van der Waals surface area contributed by atoms with Crippen molar-refractivity contribution in [2.24, 2.45) is 0 Å². The first-order chi connectivity index (χ1) is 9.79. The van der Waals surface area contributed by atoms with E-state index in [0.29, 0.717) is 0 Å². The number of amides is 1. The number of nitriles is 1. The van der Waals surface area contributed by atoms with E-state index in [0.717, 1.165) is 24.1 Å². The molecule has 0 fully saturated rings. The molecule has 0 radical (unpaired) electrons. The summed E-state index contributed by atoms with van der Waals surface area (Å²) < 4.78 is 0. The number of aryl methyl sites for hydroxylation is 2. The molecule has 1 aromatic heterocycles. The van der Waals surface area contributed by atoms with Gasteiger partial charge in [0.15, 0.2) is 0 Å². The first-order valence-corrected chi connectivity index (χ1v) is 6.43. The Hall–Kier alpha value is -2.67. The SMILES string of the molecule is N#CCC(=O)Nc1ccccc1CCc1ccncc1. The molecular weight excluding hydrogens is 250 g/mol. The number of nitrogens with one attached hydrogen (secondary N) is 1. The van der Waals surface area contributed by atoms with Crippen molar-refractivity contribution in [2.75, 3.05) is 5.32 Å². The zero-order valence-electron chi connectivity index (χ0n) is 11.0. The Morgan fingerprint density at radius 3 is 2.65 bits per heavy atom. The van der Waals surface area contributed by atoms with Crippen molar-refractivity contribution in [3.63, 3.8) is 0 Å². The smallest absolute Gasteiger partial charge is 0.238 e. The van der Waals surface area contributed by atoms with Crippen LogP contribution in [0.1, 0.15) is 17.5 Å². The first-order valence-electron chi connectivity index (χ1n) is 6.43. The number of aromatic nitrogens is 1. The number of rotatable bonds is 5. The van der Waals surface area contributed by atoms with E-state index in [2.05, 4.69) is 10.3 Å². The van der Waals surface area contributed by atoms with E-state index in [1.54, 1.807) is 12.4 Å². The minimum absolute atomic E-state index is 0.126. The Bertz CT molecular complexity index is 617. The van der Waals surface area contributed by atoms with Gasteiger partial charge in [0.1, 0.15) is 6.42 Å². The minimum atomic E-state index is -0.274. The maximum atomic E-state index is 11.5. The lowest BCUT2D eigenvalue weighted by molar-refractivity contribution is -0.115. The van der Waals surface area contributed by atoms with Crippen LogP contribution >= 0.6 is 0 Å². The second-order valence-electron chi connectivity index (χ2n) is 4.40. The number of benzene rings is 1. The summed E-state index contributed by atoms with van der Waals surface area (Å²) in [5, 5.41) is 11.3. The Morgan fingerprint density at radius 2 is 1.90 bits per heavy atom. The van der Waals surface area contributed by atoms with Crippen LogP contribution in [0.3, 0.4) is 0 Å². The summed E-state index contributed by atoms with van der Waals surface area (Å²) in [7, 11) is 0. The summed E-state index contributed by atoms with van der Waals surface area (Å²) in [6.07, 6.45) is 5.13. The largest absolute Gasteiger partial charge is 0.325 e. The van der Waals surface area contributed by atoms with E-state index in [1.807, 2.05) is 42.5 Å². The van der Waals surface area contributed by atoms with Crippen LogP contribution in [-0.2, 0) is 17.6 Å². The van der Waals surface area contributed by atoms with Crippen molar-refractivity contribution in [2.45, 2.75) is 19.3 Å². The number of carbonyl (C=O) groups is 1. The molecule has 0 aliphatic carbocycles. The molecule has 20 heavy (non-hydrogen) atoms. The van der Waals surface area contributed by atoms with Crippen LogP contribution in [0.25, 0.3) is 0 Å². The fourth-order valence-electron chi connectivity index (χ4n) is 1.95. The molecule has 1 heterocycles. The van der Waals surface area contributed by atoms with Crippen LogP contribution in [0.5, 0.6) is 0 Å². The Balaban J connectivity index is 2.04. The van der Waals surface area contributed by atoms with Gasteiger partial charge in [0.25, 0.3) is 0 Å². The highest BCUT2D eigenvalue weighted by Crippen LogP contribution is 2.17. The highest BCUT2D eigenvalue weighted by atomic mass is 16.1. The molecule has 0 spiro atoms. The summed E-state index contributed by atoms with van der Waals surface area (Å²) in [4.78, 5) is 15.5. The number of pyridine rings is 1. The molecule has 1 aromatic carbocycles. The summed E-state index contributed by atoms with van der Waals surface area (Å²) in [6.45, 7) is 0. The van der Waals surface area contributed by atoms with E-state index < -0.39 is 0 Å². The third kappa shape index (κ3) is 3.92. The molecule has 0 atom stereocenters. The molecule has 2 rings (SSSR count). The van der Waals surface area contributed by atoms with E-state index in [-0.39, 0.29) is 12.3 Å². The van der Waals surface area contributed by atoms with Crippen LogP contribution in [0, 0.1) is 11.3 Å². The van der Waals surface area contributed by atoms with Gasteiger partial charge in [-0.1, -0.05) is 18.2 Å². The second-order valence-corrected chi connectivity index (χ2v) is 4.40. The first kappa shape index (κ1) is 13.8. The molecular formula is C16H15N3O. The minimum Gasteiger partial charge on any atom is -0.325 e. The molecule has 4 heteroatoms. The zero-order chi connectivity index (χ0) is 14.2. The second kappa shape index (κ2) is 7.05. The predicted molar refractivity (Wildman–Crippen MR) is 76.9 cm³/mol. The molecule has 0 saturated heterocycles. The Kier molecular flexibility index (Phi) is 4.85. The van der Waals surface area contributed by atoms with Gasteiger partial charge in [0.05, 0.1) is 6.07 Å². The van der Waals surface area contributed by atoms with Gasteiger partial charge in [0, 0.05) is 18.1 Å². The molecule has 100 valence electrons. The molecule has 0 aliphatic heterocycles. The lowest BCUT2D eigenvalue weighted by Crippen LogP contribution is -2.12. The monoisotopic (exact) mass is 265 g/mol. The van der Waals surface area contributed by atoms with Gasteiger partial charge in [-0.3, -0.25) is 9.78 Å². The molecule has 0 bridgehead atoms. The van der Waals surface area contributed by atoms with Crippen molar-refractivity contribution in [1.29, 1.82) is 5.26 Å². The molecule has 0 aliphatic rings. The molecule has 4 nitrogen and oxygen atoms in total. The van der Waals surface area contributed by atoms with Gasteiger partial charge < -0.3 is 5.32 Å². The number of anilines is 1. The average molecular weight is 265 g/mol. The van der Waals surface area contributed by atoms with E-state index >= 15 is 0 Å². The van der Waals surface area contributed by atoms with Gasteiger partial charge >= 0.3 is 0 Å². The fourth-order valence-corrected chi connectivity index (χ4v) is 1.95. The number of para-hydroxylation sites is 1. The van der Waals surface area contributed by atoms with Crippen molar-refractivity contribution >= 4 is 11.6 Å². The predicted octanol–water partition coefficient (Wildman–Crippen LogP) is 2.72. The lowest BCUT2D eigenvalue weighted by atomic mass is 10.0. The summed E-state index contributed by atoms with van der Waals surface area (Å²) in [5.41, 5.74) is 3.05. The van der Waals surface area contributed by atoms with Crippen LogP contribution in [0.2, 0.25) is 0 Å². The van der Waals surface area contributed by atoms with Gasteiger partial charge in [-0.2, -0.15) is 5.26 Å². The summed E-state index contributed by atoms with van der Waals surface area (Å²) in [6, 6.07) is 13.5. The van der Waals surface area contributed by atoms with Crippen LogP contribution in [-0.4, -0.2) is 10.9 Å². The molecule has 2 aromatic rings. The summed E-state index contributed by atoms with van der Waals surface area (Å²) >= 11 is 0. The lowest BCUT2D eigenvalue weighted by Gasteiger charge is -2.10. The maximum absolute atomic E-state index is 11.5. The van der Waals surface area contributed by atoms with E-state index in [4.69, 9.17) is 5.26 Å². The van der Waals surface area contributed by atoms with Crippen molar-refractivity contribution in [3.8, 4) is 6.07 Å². The van der Waals surface area contributed by atoms with Gasteiger partial charge in [-0.25, -0.2) is 0 Å². The van der Waals surface area contributed by atoms with Crippen LogP contribution in [0.4, 0.5) is 5.69 Å². The van der Waals surface area contributed by atoms with Crippen molar-refractivity contribution in [3.05, 3.63) is 59.9 Å². The quantitative estimate of drug-likeness (QED) is 0.904. The number of nitrogens with zero attached hydrogens (tertiary/aromatic N) is 2. The average Bonchev–Trinajstić information content (AvgIpc) is 2.48. The van der Waals surface area contributed by atoms with Crippen LogP contribution < -0.4 is 5.32 Å². The number of hydrogen-bond acceptors (Lipinski definition) is 3. The molecule has 1 amide bonds. The Labute approximate surface area is 118 Å². The molecule has 0 unspecified atom stereocenters. The normalized spacial score (nSPS) is 9.75. The topological polar surface area (TPSA) is 65.8 Å². The molecule has 1 N–H and O–H groups in total. The van der Waals surface area contributed by atoms with E-state index in [1.165, 1.54) is 5.56 Å². The van der Waals surface area contributed by atoms with Gasteiger partial charge in [-0.05, 0) is 42.2 Å². The fraction of sp³-hybridized carbons (Fsp3) is 0.188. The number of hydrogen-bond donors (Lipinski definition) is 1. The highest BCUT2D eigenvalue weighted by molar-refractivity contribution is 5.92.